The third-order valence-electron chi connectivity index (χ3n) is 2.97. The van der Waals surface area contributed by atoms with E-state index in [1.54, 1.807) is 14.1 Å². The lowest BCUT2D eigenvalue weighted by molar-refractivity contribution is -0.136. The highest BCUT2D eigenvalue weighted by molar-refractivity contribution is 5.91. The average molecular weight is 310 g/mol. The molecule has 0 aliphatic carbocycles. The Morgan fingerprint density at radius 2 is 1.91 bits per heavy atom. The molecule has 2 N–H and O–H groups in total. The van der Waals surface area contributed by atoms with Crippen LogP contribution >= 0.6 is 0 Å². The van der Waals surface area contributed by atoms with Crippen LogP contribution in [0, 0.1) is 5.82 Å². The summed E-state index contributed by atoms with van der Waals surface area (Å²) in [5.74, 6) is -2.18. The first-order chi connectivity index (χ1) is 10.3. The molecule has 0 aromatic heterocycles. The second-order valence-electron chi connectivity index (χ2n) is 5.07. The Bertz CT molecular complexity index is 573. The van der Waals surface area contributed by atoms with Crippen molar-refractivity contribution in [1.29, 1.82) is 0 Å². The van der Waals surface area contributed by atoms with Crippen LogP contribution in [0.2, 0.25) is 0 Å². The number of carboxylic acids is 1. The standard InChI is InChI=1S/C15H19FN2O4/c1-18(2)14(20)5-3-4-13(19)17-11-7-6-10(8-15(21)22)12(16)9-11/h6-7,9H,3-5,8H2,1-2H3,(H,17,19)(H,21,22). The number of anilines is 1. The lowest BCUT2D eigenvalue weighted by Gasteiger charge is -2.10. The predicted molar refractivity (Wildman–Crippen MR) is 78.9 cm³/mol. The summed E-state index contributed by atoms with van der Waals surface area (Å²) in [7, 11) is 3.29. The molecule has 0 heterocycles. The van der Waals surface area contributed by atoms with E-state index in [1.165, 1.54) is 17.0 Å². The zero-order chi connectivity index (χ0) is 16.7. The van der Waals surface area contributed by atoms with E-state index in [9.17, 15) is 18.8 Å². The van der Waals surface area contributed by atoms with Crippen molar-refractivity contribution in [1.82, 2.24) is 4.90 Å². The summed E-state index contributed by atoms with van der Waals surface area (Å²) in [6.45, 7) is 0. The van der Waals surface area contributed by atoms with E-state index in [1.807, 2.05) is 0 Å². The van der Waals surface area contributed by atoms with Gasteiger partial charge in [0.15, 0.2) is 0 Å². The Morgan fingerprint density at radius 3 is 2.45 bits per heavy atom. The number of rotatable bonds is 7. The maximum Gasteiger partial charge on any atom is 0.307 e. The molecule has 6 nitrogen and oxygen atoms in total. The van der Waals surface area contributed by atoms with Gasteiger partial charge in [0, 0.05) is 32.6 Å². The molecule has 0 radical (unpaired) electrons. The molecule has 1 aromatic carbocycles. The van der Waals surface area contributed by atoms with Gasteiger partial charge in [-0.05, 0) is 24.1 Å². The van der Waals surface area contributed by atoms with Crippen LogP contribution < -0.4 is 5.32 Å². The first-order valence-corrected chi connectivity index (χ1v) is 6.80. The van der Waals surface area contributed by atoms with Gasteiger partial charge in [0.05, 0.1) is 6.42 Å². The maximum atomic E-state index is 13.6. The summed E-state index contributed by atoms with van der Waals surface area (Å²) < 4.78 is 13.6. The minimum absolute atomic E-state index is 0.0575. The highest BCUT2D eigenvalue weighted by Gasteiger charge is 2.10. The van der Waals surface area contributed by atoms with Crippen LogP contribution in [0.5, 0.6) is 0 Å². The normalized spacial score (nSPS) is 10.1. The Hall–Kier alpha value is -2.44. The molecule has 7 heteroatoms. The summed E-state index contributed by atoms with van der Waals surface area (Å²) >= 11 is 0. The highest BCUT2D eigenvalue weighted by Crippen LogP contribution is 2.15. The van der Waals surface area contributed by atoms with Crippen molar-refractivity contribution in [3.8, 4) is 0 Å². The van der Waals surface area contributed by atoms with Crippen LogP contribution in [0.25, 0.3) is 0 Å². The van der Waals surface area contributed by atoms with Crippen LogP contribution in [0.15, 0.2) is 18.2 Å². The van der Waals surface area contributed by atoms with E-state index < -0.39 is 18.2 Å². The van der Waals surface area contributed by atoms with Crippen molar-refractivity contribution in [3.63, 3.8) is 0 Å². The fraction of sp³-hybridized carbons (Fsp3) is 0.400. The van der Waals surface area contributed by atoms with Gasteiger partial charge in [-0.1, -0.05) is 6.07 Å². The van der Waals surface area contributed by atoms with Crippen LogP contribution in [0.1, 0.15) is 24.8 Å². The number of nitrogens with zero attached hydrogens (tertiary/aromatic N) is 1. The van der Waals surface area contributed by atoms with Crippen molar-refractivity contribution in [2.75, 3.05) is 19.4 Å². The first kappa shape index (κ1) is 17.6. The number of nitrogens with one attached hydrogen (secondary N) is 1. The van der Waals surface area contributed by atoms with Crippen molar-refractivity contribution >= 4 is 23.5 Å². The molecular formula is C15H19FN2O4. The summed E-state index contributed by atoms with van der Waals surface area (Å²) in [5, 5.41) is 11.1. The Morgan fingerprint density at radius 1 is 1.23 bits per heavy atom. The molecule has 0 unspecified atom stereocenters. The van der Waals surface area contributed by atoms with Gasteiger partial charge >= 0.3 is 5.97 Å². The summed E-state index contributed by atoms with van der Waals surface area (Å²) in [5.41, 5.74) is 0.317. The van der Waals surface area contributed by atoms with Gasteiger partial charge in [0.1, 0.15) is 5.82 Å². The Kier molecular flexibility index (Phi) is 6.49. The number of carbonyl (C=O) groups excluding carboxylic acids is 2. The van der Waals surface area contributed by atoms with Crippen LogP contribution in [0.3, 0.4) is 0 Å². The quantitative estimate of drug-likeness (QED) is 0.801. The van der Waals surface area contributed by atoms with Crippen molar-refractivity contribution < 1.29 is 23.9 Å². The third kappa shape index (κ3) is 5.90. The number of aliphatic carboxylic acids is 1. The molecule has 2 amide bonds. The molecule has 0 saturated heterocycles. The lowest BCUT2D eigenvalue weighted by Crippen LogP contribution is -2.21. The molecule has 0 bridgehead atoms. The number of amides is 2. The molecule has 0 atom stereocenters. The molecule has 0 fully saturated rings. The Labute approximate surface area is 127 Å². The topological polar surface area (TPSA) is 86.7 Å². The molecule has 0 spiro atoms. The fourth-order valence-electron chi connectivity index (χ4n) is 1.78. The summed E-state index contributed by atoms with van der Waals surface area (Å²) in [6, 6.07) is 3.86. The fourth-order valence-corrected chi connectivity index (χ4v) is 1.78. The molecule has 22 heavy (non-hydrogen) atoms. The van der Waals surface area contributed by atoms with Gasteiger partial charge in [-0.15, -0.1) is 0 Å². The smallest absolute Gasteiger partial charge is 0.307 e. The monoisotopic (exact) mass is 310 g/mol. The molecule has 0 saturated carbocycles. The minimum atomic E-state index is -1.12. The van der Waals surface area contributed by atoms with Gasteiger partial charge in [-0.3, -0.25) is 14.4 Å². The van der Waals surface area contributed by atoms with Crippen LogP contribution in [0.4, 0.5) is 10.1 Å². The van der Waals surface area contributed by atoms with Crippen molar-refractivity contribution in [2.24, 2.45) is 0 Å². The number of carbonyl (C=O) groups is 3. The first-order valence-electron chi connectivity index (χ1n) is 6.80. The second-order valence-corrected chi connectivity index (χ2v) is 5.07. The van der Waals surface area contributed by atoms with Crippen molar-refractivity contribution in [3.05, 3.63) is 29.6 Å². The Balaban J connectivity index is 2.49. The molecule has 0 aliphatic rings. The second kappa shape index (κ2) is 8.11. The van der Waals surface area contributed by atoms with Crippen LogP contribution in [-0.4, -0.2) is 41.9 Å². The number of carboxylic acid groups (broad SMARTS) is 1. The van der Waals surface area contributed by atoms with E-state index in [0.717, 1.165) is 6.07 Å². The minimum Gasteiger partial charge on any atom is -0.481 e. The zero-order valence-corrected chi connectivity index (χ0v) is 12.6. The van der Waals surface area contributed by atoms with Gasteiger partial charge in [0.2, 0.25) is 11.8 Å². The average Bonchev–Trinajstić information content (AvgIpc) is 2.41. The molecule has 0 aliphatic heterocycles. The van der Waals surface area contributed by atoms with Gasteiger partial charge in [0.25, 0.3) is 0 Å². The summed E-state index contributed by atoms with van der Waals surface area (Å²) in [6.07, 6.45) is 0.416. The predicted octanol–water partition coefficient (Wildman–Crippen LogP) is 1.65. The van der Waals surface area contributed by atoms with E-state index in [0.29, 0.717) is 6.42 Å². The number of hydrogen-bond donors (Lipinski definition) is 2. The number of hydrogen-bond acceptors (Lipinski definition) is 3. The largest absolute Gasteiger partial charge is 0.481 e. The van der Waals surface area contributed by atoms with Gasteiger partial charge in [-0.2, -0.15) is 0 Å². The third-order valence-corrected chi connectivity index (χ3v) is 2.97. The van der Waals surface area contributed by atoms with E-state index in [2.05, 4.69) is 5.32 Å². The molecule has 1 aromatic rings. The van der Waals surface area contributed by atoms with Crippen LogP contribution in [-0.2, 0) is 20.8 Å². The van der Waals surface area contributed by atoms with E-state index in [-0.39, 0.29) is 35.9 Å². The number of benzene rings is 1. The molecule has 1 rings (SSSR count). The SMILES string of the molecule is CN(C)C(=O)CCCC(=O)Nc1ccc(CC(=O)O)c(F)c1. The zero-order valence-electron chi connectivity index (χ0n) is 12.6. The van der Waals surface area contributed by atoms with Crippen molar-refractivity contribution in [2.45, 2.75) is 25.7 Å². The summed E-state index contributed by atoms with van der Waals surface area (Å²) in [4.78, 5) is 35.0. The maximum absolute atomic E-state index is 13.6. The van der Waals surface area contributed by atoms with Gasteiger partial charge < -0.3 is 15.3 Å². The van der Waals surface area contributed by atoms with E-state index in [4.69, 9.17) is 5.11 Å². The lowest BCUT2D eigenvalue weighted by atomic mass is 10.1. The highest BCUT2D eigenvalue weighted by atomic mass is 19.1. The van der Waals surface area contributed by atoms with E-state index >= 15 is 0 Å². The molecular weight excluding hydrogens is 291 g/mol. The number of halogens is 1. The molecule has 120 valence electrons. The van der Waals surface area contributed by atoms with Gasteiger partial charge in [-0.25, -0.2) is 4.39 Å².